The number of carbonyl (C=O) groups is 1. The molecule has 3 rings (SSSR count). The summed E-state index contributed by atoms with van der Waals surface area (Å²) in [5.41, 5.74) is 2.89. The fourth-order valence-corrected chi connectivity index (χ4v) is 3.10. The molecule has 2 N–H and O–H groups in total. The van der Waals surface area contributed by atoms with Gasteiger partial charge >= 0.3 is 0 Å². The zero-order chi connectivity index (χ0) is 21.9. The first-order chi connectivity index (χ1) is 15.2. The molecule has 0 saturated carbocycles. The lowest BCUT2D eigenvalue weighted by molar-refractivity contribution is -0.118. The van der Waals surface area contributed by atoms with Gasteiger partial charge in [0.1, 0.15) is 5.75 Å². The molecule has 6 heteroatoms. The fraction of sp³-hybridized carbons (Fsp3) is 0.240. The van der Waals surface area contributed by atoms with Gasteiger partial charge in [0.05, 0.1) is 13.7 Å². The van der Waals surface area contributed by atoms with E-state index in [0.29, 0.717) is 31.2 Å². The van der Waals surface area contributed by atoms with Crippen molar-refractivity contribution in [1.29, 1.82) is 0 Å². The van der Waals surface area contributed by atoms with Gasteiger partial charge in [0.25, 0.3) is 5.91 Å². The highest BCUT2D eigenvalue weighted by Gasteiger charge is 2.10. The van der Waals surface area contributed by atoms with E-state index in [0.717, 1.165) is 22.6 Å². The number of ether oxygens (including phenoxy) is 3. The zero-order valence-electron chi connectivity index (χ0n) is 17.9. The highest BCUT2D eigenvalue weighted by Crippen LogP contribution is 2.28. The second-order valence-corrected chi connectivity index (χ2v) is 6.83. The molecule has 0 spiro atoms. The predicted octanol–water partition coefficient (Wildman–Crippen LogP) is 4.40. The Hall–Kier alpha value is -3.51. The molecule has 0 heterocycles. The fourth-order valence-electron chi connectivity index (χ4n) is 3.10. The van der Waals surface area contributed by atoms with Crippen molar-refractivity contribution in [3.05, 3.63) is 83.9 Å². The summed E-state index contributed by atoms with van der Waals surface area (Å²) in [5, 5.41) is 6.22. The van der Waals surface area contributed by atoms with Gasteiger partial charge in [0.15, 0.2) is 18.1 Å². The molecule has 31 heavy (non-hydrogen) atoms. The predicted molar refractivity (Wildman–Crippen MR) is 122 cm³/mol. The van der Waals surface area contributed by atoms with Crippen molar-refractivity contribution in [2.24, 2.45) is 0 Å². The first-order valence-corrected chi connectivity index (χ1v) is 10.3. The Bertz CT molecular complexity index is 976. The van der Waals surface area contributed by atoms with Gasteiger partial charge in [0.2, 0.25) is 0 Å². The molecule has 0 aliphatic heterocycles. The van der Waals surface area contributed by atoms with Crippen LogP contribution in [-0.4, -0.2) is 26.2 Å². The van der Waals surface area contributed by atoms with Crippen LogP contribution in [0.5, 0.6) is 17.2 Å². The first-order valence-electron chi connectivity index (χ1n) is 10.3. The molecule has 0 aliphatic carbocycles. The van der Waals surface area contributed by atoms with Crippen LogP contribution in [0.15, 0.2) is 72.8 Å². The highest BCUT2D eigenvalue weighted by atomic mass is 16.5. The lowest BCUT2D eigenvalue weighted by Gasteiger charge is -2.14. The summed E-state index contributed by atoms with van der Waals surface area (Å²) in [5.74, 6) is 1.80. The molecule has 0 aliphatic rings. The summed E-state index contributed by atoms with van der Waals surface area (Å²) in [6.45, 7) is 3.67. The molecule has 6 nitrogen and oxygen atoms in total. The van der Waals surface area contributed by atoms with E-state index >= 15 is 0 Å². The molecule has 0 atom stereocenters. The van der Waals surface area contributed by atoms with Gasteiger partial charge in [-0.15, -0.1) is 0 Å². The summed E-state index contributed by atoms with van der Waals surface area (Å²) < 4.78 is 16.8. The summed E-state index contributed by atoms with van der Waals surface area (Å²) in [7, 11) is 1.67. The summed E-state index contributed by atoms with van der Waals surface area (Å²) in [6.07, 6.45) is 0. The van der Waals surface area contributed by atoms with E-state index < -0.39 is 0 Å². The van der Waals surface area contributed by atoms with Crippen LogP contribution in [0.1, 0.15) is 18.1 Å². The van der Waals surface area contributed by atoms with Gasteiger partial charge in [-0.25, -0.2) is 0 Å². The second-order valence-electron chi connectivity index (χ2n) is 6.83. The van der Waals surface area contributed by atoms with Crippen molar-refractivity contribution in [3.63, 3.8) is 0 Å². The minimum Gasteiger partial charge on any atom is -0.496 e. The highest BCUT2D eigenvalue weighted by molar-refractivity contribution is 5.91. The van der Waals surface area contributed by atoms with Gasteiger partial charge in [-0.2, -0.15) is 0 Å². The molecular formula is C25H28N2O4. The van der Waals surface area contributed by atoms with Crippen molar-refractivity contribution < 1.29 is 19.0 Å². The lowest BCUT2D eigenvalue weighted by atomic mass is 10.1. The number of anilines is 1. The smallest absolute Gasteiger partial charge is 0.262 e. The Morgan fingerprint density at radius 3 is 2.39 bits per heavy atom. The molecule has 1 amide bonds. The van der Waals surface area contributed by atoms with E-state index in [-0.39, 0.29) is 12.5 Å². The van der Waals surface area contributed by atoms with E-state index in [1.54, 1.807) is 7.11 Å². The van der Waals surface area contributed by atoms with Gasteiger partial charge in [-0.3, -0.25) is 4.79 Å². The van der Waals surface area contributed by atoms with Crippen molar-refractivity contribution in [1.82, 2.24) is 5.32 Å². The van der Waals surface area contributed by atoms with Crippen LogP contribution in [0.4, 0.5) is 5.69 Å². The number of nitrogens with one attached hydrogen (secondary N) is 2. The van der Waals surface area contributed by atoms with Crippen LogP contribution in [0.2, 0.25) is 0 Å². The molecule has 0 saturated heterocycles. The van der Waals surface area contributed by atoms with Crippen LogP contribution >= 0.6 is 0 Å². The SMILES string of the molecule is CCOc1cc(CNCc2ccccc2OC)ccc1OCC(=O)Nc1ccccc1. The number of carbonyl (C=O) groups excluding carboxylic acids is 1. The maximum atomic E-state index is 12.2. The van der Waals surface area contributed by atoms with Crippen molar-refractivity contribution in [3.8, 4) is 17.2 Å². The third kappa shape index (κ3) is 6.76. The summed E-state index contributed by atoms with van der Waals surface area (Å²) in [4.78, 5) is 12.2. The van der Waals surface area contributed by atoms with Gasteiger partial charge in [-0.1, -0.05) is 42.5 Å². The number of methoxy groups -OCH3 is 1. The maximum Gasteiger partial charge on any atom is 0.262 e. The Labute approximate surface area is 183 Å². The number of rotatable bonds is 11. The van der Waals surface area contributed by atoms with E-state index in [9.17, 15) is 4.79 Å². The van der Waals surface area contributed by atoms with E-state index in [1.165, 1.54) is 0 Å². The summed E-state index contributed by atoms with van der Waals surface area (Å²) in [6, 6.07) is 22.9. The average molecular weight is 421 g/mol. The number of hydrogen-bond acceptors (Lipinski definition) is 5. The quantitative estimate of drug-likeness (QED) is 0.481. The minimum atomic E-state index is -0.226. The molecule has 0 fully saturated rings. The van der Waals surface area contributed by atoms with Gasteiger partial charge in [0, 0.05) is 24.3 Å². The Morgan fingerprint density at radius 1 is 0.839 bits per heavy atom. The monoisotopic (exact) mass is 420 g/mol. The third-order valence-corrected chi connectivity index (χ3v) is 4.56. The molecule has 3 aromatic carbocycles. The minimum absolute atomic E-state index is 0.0969. The third-order valence-electron chi connectivity index (χ3n) is 4.56. The Kier molecular flexibility index (Phi) is 8.31. The molecule has 162 valence electrons. The van der Waals surface area contributed by atoms with E-state index in [1.807, 2.05) is 79.7 Å². The average Bonchev–Trinajstić information content (AvgIpc) is 2.80. The number of benzene rings is 3. The number of amides is 1. The number of hydrogen-bond donors (Lipinski definition) is 2. The number of para-hydroxylation sites is 2. The van der Waals surface area contributed by atoms with Crippen LogP contribution in [0, 0.1) is 0 Å². The Balaban J connectivity index is 1.56. The van der Waals surface area contributed by atoms with Crippen LogP contribution in [0.25, 0.3) is 0 Å². The molecule has 0 radical (unpaired) electrons. The van der Waals surface area contributed by atoms with Crippen molar-refractivity contribution >= 4 is 11.6 Å². The molecular weight excluding hydrogens is 392 g/mol. The van der Waals surface area contributed by atoms with E-state index in [2.05, 4.69) is 10.6 Å². The van der Waals surface area contributed by atoms with Gasteiger partial charge in [-0.05, 0) is 42.8 Å². The van der Waals surface area contributed by atoms with Crippen molar-refractivity contribution in [2.75, 3.05) is 25.6 Å². The molecule has 3 aromatic rings. The van der Waals surface area contributed by atoms with Crippen LogP contribution in [-0.2, 0) is 17.9 Å². The van der Waals surface area contributed by atoms with E-state index in [4.69, 9.17) is 14.2 Å². The Morgan fingerprint density at radius 2 is 1.61 bits per heavy atom. The molecule has 0 bridgehead atoms. The lowest BCUT2D eigenvalue weighted by Crippen LogP contribution is -2.20. The summed E-state index contributed by atoms with van der Waals surface area (Å²) >= 11 is 0. The van der Waals surface area contributed by atoms with Crippen LogP contribution in [0.3, 0.4) is 0 Å². The zero-order valence-corrected chi connectivity index (χ0v) is 17.9. The van der Waals surface area contributed by atoms with Crippen LogP contribution < -0.4 is 24.8 Å². The largest absolute Gasteiger partial charge is 0.496 e. The van der Waals surface area contributed by atoms with Crippen molar-refractivity contribution in [2.45, 2.75) is 20.0 Å². The standard InChI is InChI=1S/C25H28N2O4/c1-3-30-24-15-19(16-26-17-20-9-7-8-12-22(20)29-2)13-14-23(24)31-18-25(28)27-21-10-5-4-6-11-21/h4-15,26H,3,16-18H2,1-2H3,(H,27,28). The molecule has 0 unspecified atom stereocenters. The maximum absolute atomic E-state index is 12.2. The molecule has 0 aromatic heterocycles. The topological polar surface area (TPSA) is 68.8 Å². The second kappa shape index (κ2) is 11.6. The normalized spacial score (nSPS) is 10.4. The first kappa shape index (κ1) is 22.2. The van der Waals surface area contributed by atoms with Gasteiger partial charge < -0.3 is 24.8 Å².